The van der Waals surface area contributed by atoms with Crippen LogP contribution in [0.15, 0.2) is 24.3 Å². The molecular formula is C12H16N2OS. The molecule has 3 N–H and O–H groups in total. The van der Waals surface area contributed by atoms with E-state index >= 15 is 0 Å². The van der Waals surface area contributed by atoms with E-state index in [0.29, 0.717) is 4.99 Å². The Balaban J connectivity index is 2.23. The number of hydrogen-bond acceptors (Lipinski definition) is 3. The molecule has 0 aliphatic carbocycles. The molecule has 1 aliphatic heterocycles. The van der Waals surface area contributed by atoms with Crippen molar-refractivity contribution in [1.82, 2.24) is 0 Å². The van der Waals surface area contributed by atoms with E-state index in [0.717, 1.165) is 30.9 Å². The summed E-state index contributed by atoms with van der Waals surface area (Å²) in [6.45, 7) is 3.67. The molecule has 1 aliphatic rings. The third kappa shape index (κ3) is 2.33. The normalized spacial score (nSPS) is 24.3. The van der Waals surface area contributed by atoms with Gasteiger partial charge in [-0.05, 0) is 25.5 Å². The smallest absolute Gasteiger partial charge is 0.106 e. The molecule has 0 spiro atoms. The third-order valence-corrected chi connectivity index (χ3v) is 3.07. The molecule has 2 rings (SSSR count). The van der Waals surface area contributed by atoms with E-state index in [1.54, 1.807) is 0 Å². The van der Waals surface area contributed by atoms with Crippen molar-refractivity contribution in [3.63, 3.8) is 0 Å². The second kappa shape index (κ2) is 4.39. The van der Waals surface area contributed by atoms with Crippen molar-refractivity contribution >= 4 is 22.9 Å². The lowest BCUT2D eigenvalue weighted by Crippen LogP contribution is -2.35. The van der Waals surface area contributed by atoms with Crippen molar-refractivity contribution < 1.29 is 4.74 Å². The number of hydrogen-bond donors (Lipinski definition) is 2. The topological polar surface area (TPSA) is 47.3 Å². The fourth-order valence-corrected chi connectivity index (χ4v) is 2.08. The van der Waals surface area contributed by atoms with Crippen molar-refractivity contribution in [2.24, 2.45) is 5.73 Å². The minimum atomic E-state index is -0.0130. The van der Waals surface area contributed by atoms with Crippen LogP contribution < -0.4 is 11.1 Å². The van der Waals surface area contributed by atoms with Crippen molar-refractivity contribution in [3.05, 3.63) is 29.8 Å². The summed E-state index contributed by atoms with van der Waals surface area (Å²) in [5.74, 6) is 0. The van der Waals surface area contributed by atoms with Gasteiger partial charge in [-0.1, -0.05) is 24.4 Å². The molecule has 0 aromatic heterocycles. The van der Waals surface area contributed by atoms with Crippen LogP contribution in [0.3, 0.4) is 0 Å². The average molecular weight is 236 g/mol. The van der Waals surface area contributed by atoms with Gasteiger partial charge in [0.2, 0.25) is 0 Å². The predicted octanol–water partition coefficient (Wildman–Crippen LogP) is 1.91. The number of rotatable bonds is 3. The van der Waals surface area contributed by atoms with E-state index in [1.807, 2.05) is 24.3 Å². The average Bonchev–Trinajstić information content (AvgIpc) is 2.65. The van der Waals surface area contributed by atoms with Crippen LogP contribution in [0.25, 0.3) is 0 Å². The molecule has 1 fully saturated rings. The van der Waals surface area contributed by atoms with Gasteiger partial charge in [0.25, 0.3) is 0 Å². The molecule has 86 valence electrons. The lowest BCUT2D eigenvalue weighted by molar-refractivity contribution is 0.185. The maximum atomic E-state index is 5.69. The fraction of sp³-hybridized carbons (Fsp3) is 0.417. The molecule has 3 nitrogen and oxygen atoms in total. The first-order chi connectivity index (χ1) is 7.61. The Hall–Kier alpha value is -1.13. The summed E-state index contributed by atoms with van der Waals surface area (Å²) in [4.78, 5) is 0.422. The van der Waals surface area contributed by atoms with E-state index in [9.17, 15) is 0 Å². The molecule has 1 aromatic carbocycles. The highest BCUT2D eigenvalue weighted by atomic mass is 32.1. The lowest BCUT2D eigenvalue weighted by atomic mass is 10.0. The zero-order valence-electron chi connectivity index (χ0n) is 9.32. The van der Waals surface area contributed by atoms with E-state index in [4.69, 9.17) is 22.7 Å². The molecule has 1 saturated heterocycles. The van der Waals surface area contributed by atoms with Crippen LogP contribution in [-0.4, -0.2) is 23.7 Å². The summed E-state index contributed by atoms with van der Waals surface area (Å²) in [5.41, 5.74) is 7.56. The molecule has 0 radical (unpaired) electrons. The summed E-state index contributed by atoms with van der Waals surface area (Å²) in [7, 11) is 0. The SMILES string of the molecule is CC1(Nc2ccccc2C(N)=S)CCOC1. The van der Waals surface area contributed by atoms with Gasteiger partial charge in [0.15, 0.2) is 0 Å². The van der Waals surface area contributed by atoms with E-state index in [-0.39, 0.29) is 5.54 Å². The number of benzene rings is 1. The molecular weight excluding hydrogens is 220 g/mol. The molecule has 1 atom stereocenters. The van der Waals surface area contributed by atoms with Gasteiger partial charge >= 0.3 is 0 Å². The molecule has 1 unspecified atom stereocenters. The van der Waals surface area contributed by atoms with Gasteiger partial charge in [-0.25, -0.2) is 0 Å². The first kappa shape index (κ1) is 11.4. The van der Waals surface area contributed by atoms with Crippen LogP contribution in [-0.2, 0) is 4.74 Å². The number of anilines is 1. The largest absolute Gasteiger partial charge is 0.389 e. The summed E-state index contributed by atoms with van der Waals surface area (Å²) in [6.07, 6.45) is 0.999. The summed E-state index contributed by atoms with van der Waals surface area (Å²) >= 11 is 5.03. The predicted molar refractivity (Wildman–Crippen MR) is 69.8 cm³/mol. The minimum absolute atomic E-state index is 0.0130. The fourth-order valence-electron chi connectivity index (χ4n) is 1.90. The molecule has 0 bridgehead atoms. The van der Waals surface area contributed by atoms with Crippen LogP contribution in [0.5, 0.6) is 0 Å². The molecule has 1 heterocycles. The van der Waals surface area contributed by atoms with Gasteiger partial charge in [-0.15, -0.1) is 0 Å². The minimum Gasteiger partial charge on any atom is -0.389 e. The Kier molecular flexibility index (Phi) is 3.12. The highest BCUT2D eigenvalue weighted by molar-refractivity contribution is 7.80. The van der Waals surface area contributed by atoms with Crippen molar-refractivity contribution in [2.75, 3.05) is 18.5 Å². The second-order valence-corrected chi connectivity index (χ2v) is 4.84. The summed E-state index contributed by atoms with van der Waals surface area (Å²) in [5, 5.41) is 3.47. The lowest BCUT2D eigenvalue weighted by Gasteiger charge is -2.26. The summed E-state index contributed by atoms with van der Waals surface area (Å²) in [6, 6.07) is 7.85. The number of ether oxygens (including phenoxy) is 1. The highest BCUT2D eigenvalue weighted by Crippen LogP contribution is 2.25. The van der Waals surface area contributed by atoms with E-state index in [1.165, 1.54) is 0 Å². The Bertz CT molecular complexity index is 400. The van der Waals surface area contributed by atoms with Gasteiger partial charge in [0.05, 0.1) is 12.1 Å². The Morgan fingerprint density at radius 3 is 2.88 bits per heavy atom. The van der Waals surface area contributed by atoms with Crippen LogP contribution >= 0.6 is 12.2 Å². The third-order valence-electron chi connectivity index (χ3n) is 2.85. The monoisotopic (exact) mass is 236 g/mol. The van der Waals surface area contributed by atoms with Crippen molar-refractivity contribution in [3.8, 4) is 0 Å². The molecule has 4 heteroatoms. The van der Waals surface area contributed by atoms with E-state index < -0.39 is 0 Å². The zero-order valence-corrected chi connectivity index (χ0v) is 10.1. The van der Waals surface area contributed by atoms with Crippen LogP contribution in [0.1, 0.15) is 18.9 Å². The Morgan fingerprint density at radius 2 is 2.25 bits per heavy atom. The second-order valence-electron chi connectivity index (χ2n) is 4.40. The first-order valence-electron chi connectivity index (χ1n) is 5.35. The summed E-state index contributed by atoms with van der Waals surface area (Å²) < 4.78 is 5.41. The molecule has 0 saturated carbocycles. The number of nitrogens with two attached hydrogens (primary N) is 1. The van der Waals surface area contributed by atoms with Crippen LogP contribution in [0, 0.1) is 0 Å². The van der Waals surface area contributed by atoms with Gasteiger partial charge in [0, 0.05) is 17.9 Å². The molecule has 0 amide bonds. The van der Waals surface area contributed by atoms with Gasteiger partial charge in [-0.2, -0.15) is 0 Å². The van der Waals surface area contributed by atoms with Crippen molar-refractivity contribution in [2.45, 2.75) is 18.9 Å². The molecule has 1 aromatic rings. The zero-order chi connectivity index (χ0) is 11.6. The Labute approximate surface area is 101 Å². The molecule has 16 heavy (non-hydrogen) atoms. The standard InChI is InChI=1S/C12H16N2OS/c1-12(6-7-15-8-12)14-10-5-3-2-4-9(10)11(13)16/h2-5,14H,6-8H2,1H3,(H2,13,16). The van der Waals surface area contributed by atoms with Gasteiger partial charge in [-0.3, -0.25) is 0 Å². The highest BCUT2D eigenvalue weighted by Gasteiger charge is 2.29. The van der Waals surface area contributed by atoms with Crippen LogP contribution in [0.2, 0.25) is 0 Å². The van der Waals surface area contributed by atoms with E-state index in [2.05, 4.69) is 12.2 Å². The van der Waals surface area contributed by atoms with Gasteiger partial charge in [0.1, 0.15) is 4.99 Å². The number of nitrogens with one attached hydrogen (secondary N) is 1. The number of thiocarbonyl (C=S) groups is 1. The maximum absolute atomic E-state index is 5.69. The quantitative estimate of drug-likeness (QED) is 0.787. The van der Waals surface area contributed by atoms with Gasteiger partial charge < -0.3 is 15.8 Å². The number of para-hydroxylation sites is 1. The first-order valence-corrected chi connectivity index (χ1v) is 5.76. The van der Waals surface area contributed by atoms with Crippen LogP contribution in [0.4, 0.5) is 5.69 Å². The maximum Gasteiger partial charge on any atom is 0.106 e. The Morgan fingerprint density at radius 1 is 1.50 bits per heavy atom. The van der Waals surface area contributed by atoms with Crippen molar-refractivity contribution in [1.29, 1.82) is 0 Å².